The molecule has 3 rings (SSSR count). The largest absolute Gasteiger partial charge is 0.494 e. The van der Waals surface area contributed by atoms with Gasteiger partial charge in [-0.1, -0.05) is 18.2 Å². The molecule has 0 unspecified atom stereocenters. The predicted molar refractivity (Wildman–Crippen MR) is 103 cm³/mol. The lowest BCUT2D eigenvalue weighted by atomic mass is 10.2. The molecule has 1 fully saturated rings. The van der Waals surface area contributed by atoms with E-state index >= 15 is 0 Å². The van der Waals surface area contributed by atoms with Crippen LogP contribution in [0, 0.1) is 5.82 Å². The van der Waals surface area contributed by atoms with Crippen molar-refractivity contribution in [1.29, 1.82) is 0 Å². The first-order valence-corrected chi connectivity index (χ1v) is 8.93. The van der Waals surface area contributed by atoms with Crippen molar-refractivity contribution in [2.45, 2.75) is 19.8 Å². The second kappa shape index (κ2) is 8.52. The molecule has 0 saturated carbocycles. The number of hydrogen-bond donors (Lipinski definition) is 1. The van der Waals surface area contributed by atoms with Crippen molar-refractivity contribution in [3.05, 3.63) is 59.9 Å². The number of carbonyl (C=O) groups excluding carboxylic acids is 1. The number of hydrogen-bond acceptors (Lipinski definition) is 3. The highest BCUT2D eigenvalue weighted by atomic mass is 19.1. The molecule has 4 nitrogen and oxygen atoms in total. The van der Waals surface area contributed by atoms with Crippen LogP contribution in [0.1, 0.15) is 25.3 Å². The lowest BCUT2D eigenvalue weighted by Crippen LogP contribution is -2.21. The Bertz CT molecular complexity index is 781. The quantitative estimate of drug-likeness (QED) is 0.778. The molecule has 0 bridgehead atoms. The van der Waals surface area contributed by atoms with Crippen LogP contribution in [0.5, 0.6) is 5.75 Å². The smallest absolute Gasteiger partial charge is 0.248 e. The summed E-state index contributed by atoms with van der Waals surface area (Å²) in [5, 5.41) is 2.69. The van der Waals surface area contributed by atoms with Crippen LogP contribution in [0.4, 0.5) is 15.8 Å². The van der Waals surface area contributed by atoms with Crippen molar-refractivity contribution < 1.29 is 13.9 Å². The Morgan fingerprint density at radius 3 is 2.62 bits per heavy atom. The summed E-state index contributed by atoms with van der Waals surface area (Å²) in [5.74, 6) is 0.0114. The number of carbonyl (C=O) groups is 1. The monoisotopic (exact) mass is 354 g/mol. The van der Waals surface area contributed by atoms with Gasteiger partial charge < -0.3 is 15.0 Å². The summed E-state index contributed by atoms with van der Waals surface area (Å²) in [6.07, 6.45) is 5.28. The van der Waals surface area contributed by atoms with Crippen LogP contribution in [0.15, 0.2) is 48.5 Å². The molecule has 136 valence electrons. The van der Waals surface area contributed by atoms with Crippen LogP contribution in [-0.4, -0.2) is 25.6 Å². The molecule has 1 aliphatic heterocycles. The van der Waals surface area contributed by atoms with Crippen LogP contribution >= 0.6 is 0 Å². The maximum atomic E-state index is 14.3. The zero-order valence-corrected chi connectivity index (χ0v) is 14.9. The van der Waals surface area contributed by atoms with Crippen LogP contribution in [-0.2, 0) is 4.79 Å². The molecule has 0 spiro atoms. The van der Waals surface area contributed by atoms with Gasteiger partial charge >= 0.3 is 0 Å². The average Bonchev–Trinajstić information content (AvgIpc) is 3.17. The number of nitrogens with zero attached hydrogens (tertiary/aromatic N) is 1. The number of anilines is 2. The van der Waals surface area contributed by atoms with Gasteiger partial charge in [-0.05, 0) is 55.7 Å². The van der Waals surface area contributed by atoms with Gasteiger partial charge in [0.05, 0.1) is 12.3 Å². The molecule has 0 aromatic heterocycles. The number of ether oxygens (including phenoxy) is 1. The van der Waals surface area contributed by atoms with Gasteiger partial charge in [0.25, 0.3) is 0 Å². The van der Waals surface area contributed by atoms with Gasteiger partial charge in [-0.25, -0.2) is 4.39 Å². The first-order chi connectivity index (χ1) is 12.7. The van der Waals surface area contributed by atoms with Gasteiger partial charge in [0.2, 0.25) is 5.91 Å². The van der Waals surface area contributed by atoms with E-state index in [1.165, 1.54) is 12.1 Å². The van der Waals surface area contributed by atoms with Crippen LogP contribution in [0.25, 0.3) is 6.08 Å². The van der Waals surface area contributed by atoms with E-state index in [1.54, 1.807) is 12.1 Å². The van der Waals surface area contributed by atoms with E-state index in [0.29, 0.717) is 6.61 Å². The molecule has 2 aromatic carbocycles. The van der Waals surface area contributed by atoms with Crippen molar-refractivity contribution in [1.82, 2.24) is 0 Å². The molecule has 5 heteroatoms. The van der Waals surface area contributed by atoms with Gasteiger partial charge in [-0.15, -0.1) is 0 Å². The molecule has 1 heterocycles. The van der Waals surface area contributed by atoms with Crippen molar-refractivity contribution in [3.63, 3.8) is 0 Å². The van der Waals surface area contributed by atoms with E-state index < -0.39 is 5.82 Å². The molecule has 1 aliphatic rings. The number of nitrogens with one attached hydrogen (secondary N) is 1. The minimum absolute atomic E-state index is 0.246. The Labute approximate surface area is 153 Å². The number of rotatable bonds is 6. The second-order valence-electron chi connectivity index (χ2n) is 6.15. The third kappa shape index (κ3) is 4.42. The van der Waals surface area contributed by atoms with Crippen LogP contribution in [0.2, 0.25) is 0 Å². The fourth-order valence-corrected chi connectivity index (χ4v) is 3.04. The van der Waals surface area contributed by atoms with Crippen LogP contribution in [0.3, 0.4) is 0 Å². The fraction of sp³-hybridized carbons (Fsp3) is 0.286. The molecular weight excluding hydrogens is 331 g/mol. The zero-order valence-electron chi connectivity index (χ0n) is 14.9. The highest BCUT2D eigenvalue weighted by molar-refractivity contribution is 6.04. The van der Waals surface area contributed by atoms with E-state index in [2.05, 4.69) is 10.2 Å². The van der Waals surface area contributed by atoms with Gasteiger partial charge in [-0.2, -0.15) is 0 Å². The third-order valence-electron chi connectivity index (χ3n) is 4.30. The predicted octanol–water partition coefficient (Wildman–Crippen LogP) is 4.48. The van der Waals surface area contributed by atoms with Gasteiger partial charge in [-0.3, -0.25) is 4.79 Å². The zero-order chi connectivity index (χ0) is 18.4. The molecule has 1 saturated heterocycles. The summed E-state index contributed by atoms with van der Waals surface area (Å²) in [7, 11) is 0. The standard InChI is InChI=1S/C21H23FN2O2/c1-2-26-17-11-8-16(9-12-17)10-13-20(25)23-21-18(22)6-5-7-19(21)24-14-3-4-15-24/h5-13H,2-4,14-15H2,1H3,(H,23,25)/b13-10+. The summed E-state index contributed by atoms with van der Waals surface area (Å²) in [6, 6.07) is 12.3. The summed E-state index contributed by atoms with van der Waals surface area (Å²) in [4.78, 5) is 14.4. The Morgan fingerprint density at radius 1 is 1.19 bits per heavy atom. The molecular formula is C21H23FN2O2. The lowest BCUT2D eigenvalue weighted by Gasteiger charge is -2.21. The second-order valence-corrected chi connectivity index (χ2v) is 6.15. The molecule has 1 N–H and O–H groups in total. The highest BCUT2D eigenvalue weighted by Crippen LogP contribution is 2.31. The van der Waals surface area contributed by atoms with E-state index in [1.807, 2.05) is 37.3 Å². The van der Waals surface area contributed by atoms with Gasteiger partial charge in [0, 0.05) is 19.2 Å². The number of halogens is 1. The normalized spacial score (nSPS) is 14.0. The molecule has 1 amide bonds. The number of amides is 1. The Balaban J connectivity index is 1.69. The molecule has 26 heavy (non-hydrogen) atoms. The van der Waals surface area contributed by atoms with E-state index in [0.717, 1.165) is 42.9 Å². The first-order valence-electron chi connectivity index (χ1n) is 8.93. The SMILES string of the molecule is CCOc1ccc(/C=C/C(=O)Nc2c(F)cccc2N2CCCC2)cc1. The summed E-state index contributed by atoms with van der Waals surface area (Å²) in [5.41, 5.74) is 1.86. The summed E-state index contributed by atoms with van der Waals surface area (Å²) in [6.45, 7) is 4.31. The maximum Gasteiger partial charge on any atom is 0.248 e. The number of para-hydroxylation sites is 1. The van der Waals surface area contributed by atoms with Crippen molar-refractivity contribution >= 4 is 23.4 Å². The van der Waals surface area contributed by atoms with E-state index in [9.17, 15) is 9.18 Å². The van der Waals surface area contributed by atoms with Crippen molar-refractivity contribution in [2.24, 2.45) is 0 Å². The highest BCUT2D eigenvalue weighted by Gasteiger charge is 2.18. The molecule has 2 aromatic rings. The number of benzene rings is 2. The summed E-state index contributed by atoms with van der Waals surface area (Å²) >= 11 is 0. The van der Waals surface area contributed by atoms with Gasteiger partial charge in [0.15, 0.2) is 0 Å². The van der Waals surface area contributed by atoms with E-state index in [4.69, 9.17) is 4.74 Å². The maximum absolute atomic E-state index is 14.3. The Kier molecular flexibility index (Phi) is 5.89. The first kappa shape index (κ1) is 18.0. The Morgan fingerprint density at radius 2 is 1.92 bits per heavy atom. The van der Waals surface area contributed by atoms with Gasteiger partial charge in [0.1, 0.15) is 17.3 Å². The topological polar surface area (TPSA) is 41.6 Å². The van der Waals surface area contributed by atoms with Crippen molar-refractivity contribution in [2.75, 3.05) is 29.9 Å². The third-order valence-corrected chi connectivity index (χ3v) is 4.30. The Hall–Kier alpha value is -2.82. The average molecular weight is 354 g/mol. The minimum atomic E-state index is -0.419. The molecule has 0 radical (unpaired) electrons. The minimum Gasteiger partial charge on any atom is -0.494 e. The lowest BCUT2D eigenvalue weighted by molar-refractivity contribution is -0.111. The summed E-state index contributed by atoms with van der Waals surface area (Å²) < 4.78 is 19.7. The van der Waals surface area contributed by atoms with E-state index in [-0.39, 0.29) is 11.6 Å². The molecule has 0 atom stereocenters. The molecule has 0 aliphatic carbocycles. The van der Waals surface area contributed by atoms with Crippen LogP contribution < -0.4 is 15.0 Å². The fourth-order valence-electron chi connectivity index (χ4n) is 3.04. The van der Waals surface area contributed by atoms with Crippen molar-refractivity contribution in [3.8, 4) is 5.75 Å².